The van der Waals surface area contributed by atoms with Gasteiger partial charge in [-0.25, -0.2) is 0 Å². The molecule has 0 saturated heterocycles. The molecule has 0 aromatic rings. The number of hydrogen-bond acceptors (Lipinski definition) is 3. The molecule has 0 atom stereocenters. The van der Waals surface area contributed by atoms with Gasteiger partial charge in [0.2, 0.25) is 0 Å². The summed E-state index contributed by atoms with van der Waals surface area (Å²) in [6.07, 6.45) is 0. The molecule has 0 fully saturated rings. The van der Waals surface area contributed by atoms with E-state index in [9.17, 15) is 0 Å². The predicted molar refractivity (Wildman–Crippen MR) is 9.70 cm³/mol. The Morgan fingerprint density at radius 3 is 1.40 bits per heavy atom. The smallest absolute Gasteiger partial charge is 0.784 e. The Labute approximate surface area is 42.4 Å². The van der Waals surface area contributed by atoms with Gasteiger partial charge in [0, 0.05) is 0 Å². The first-order valence-corrected chi connectivity index (χ1v) is 1.50. The molecule has 0 spiro atoms. The van der Waals surface area contributed by atoms with E-state index in [0.29, 0.717) is 0 Å². The van der Waals surface area contributed by atoms with Crippen molar-refractivity contribution in [1.29, 1.82) is 0 Å². The van der Waals surface area contributed by atoms with Crippen molar-refractivity contribution in [3.05, 3.63) is 0 Å². The van der Waals surface area contributed by atoms with Crippen LogP contribution in [0.5, 0.6) is 0 Å². The van der Waals surface area contributed by atoms with E-state index in [1.165, 1.54) is 0 Å². The van der Waals surface area contributed by atoms with Gasteiger partial charge in [0.15, 0.2) is 0 Å². The second-order valence-corrected chi connectivity index (χ2v) is 0.612. The zero-order valence-corrected chi connectivity index (χ0v) is 3.91. The third-order valence-electron chi connectivity index (χ3n) is 0. The van der Waals surface area contributed by atoms with Crippen molar-refractivity contribution in [2.24, 2.45) is 0 Å². The fourth-order valence-corrected chi connectivity index (χ4v) is 0. The summed E-state index contributed by atoms with van der Waals surface area (Å²) in [5.41, 5.74) is 0. The van der Waals surface area contributed by atoms with Crippen LogP contribution < -0.4 is 0 Å². The topological polar surface area (TPSA) is 63.2 Å². The predicted octanol–water partition coefficient (Wildman–Crippen LogP) is -1.01. The van der Waals surface area contributed by atoms with E-state index < -0.39 is 11.4 Å². The molecule has 5 heteroatoms. The van der Waals surface area contributed by atoms with Crippen LogP contribution in [0.2, 0.25) is 0 Å². The minimum Gasteiger partial charge on any atom is -0.784 e. The van der Waals surface area contributed by atoms with Gasteiger partial charge in [-0.1, -0.05) is 0 Å². The monoisotopic (exact) mass is 136 g/mol. The Morgan fingerprint density at radius 2 is 1.40 bits per heavy atom. The summed E-state index contributed by atoms with van der Waals surface area (Å²) in [4.78, 5) is 0. The van der Waals surface area contributed by atoms with Crippen molar-refractivity contribution in [3.8, 4) is 0 Å². The van der Waals surface area contributed by atoms with Gasteiger partial charge in [0.25, 0.3) is 0 Å². The molecule has 32 valence electrons. The maximum absolute atomic E-state index is 8.44. The minimum atomic E-state index is -3.11. The first-order valence-electron chi connectivity index (χ1n) is 0.500. The average Bonchev–Trinajstić information content (AvgIpc) is 0.811. The van der Waals surface area contributed by atoms with Crippen molar-refractivity contribution in [2.45, 2.75) is 0 Å². The van der Waals surface area contributed by atoms with Gasteiger partial charge >= 0.3 is 17.1 Å². The summed E-state index contributed by atoms with van der Waals surface area (Å²) >= 11 is -3.11. The molecule has 5 heavy (non-hydrogen) atoms. The number of rotatable bonds is 0. The molecule has 0 unspecified atom stereocenters. The Hall–Kier alpha value is 0.589. The van der Waals surface area contributed by atoms with Gasteiger partial charge in [0.05, 0.1) is 0 Å². The van der Waals surface area contributed by atoms with E-state index in [1.807, 2.05) is 0 Å². The van der Waals surface area contributed by atoms with Crippen LogP contribution in [0.3, 0.4) is 0 Å². The summed E-state index contributed by atoms with van der Waals surface area (Å²) < 4.78 is 25.3. The zero-order valence-electron chi connectivity index (χ0n) is 1.99. The molecule has 0 radical (unpaired) electrons. The van der Waals surface area contributed by atoms with Crippen LogP contribution in [0, 0.1) is 0 Å². The molecular formula is FeO3S. The van der Waals surface area contributed by atoms with Crippen LogP contribution >= 0.6 is 0 Å². The molecule has 0 saturated carbocycles. The Morgan fingerprint density at radius 1 is 1.40 bits per heavy atom. The van der Waals surface area contributed by atoms with Crippen molar-refractivity contribution in [1.82, 2.24) is 0 Å². The van der Waals surface area contributed by atoms with Gasteiger partial charge < -0.3 is 9.11 Å². The Balaban J connectivity index is 0. The fraction of sp³-hybridized carbons (Fsp3) is 0. The van der Waals surface area contributed by atoms with Crippen LogP contribution in [0.15, 0.2) is 0 Å². The second kappa shape index (κ2) is 4.59. The van der Waals surface area contributed by atoms with Crippen molar-refractivity contribution in [3.63, 3.8) is 0 Å². The van der Waals surface area contributed by atoms with E-state index in [2.05, 4.69) is 0 Å². The third kappa shape index (κ3) is 88.6. The maximum Gasteiger partial charge on any atom is 2.00 e. The summed E-state index contributed by atoms with van der Waals surface area (Å²) in [7, 11) is 0. The summed E-state index contributed by atoms with van der Waals surface area (Å²) in [5.74, 6) is 0. The molecule has 0 aromatic heterocycles. The minimum absolute atomic E-state index is 0. The van der Waals surface area contributed by atoms with E-state index in [4.69, 9.17) is 13.3 Å². The van der Waals surface area contributed by atoms with E-state index in [1.54, 1.807) is 0 Å². The zero-order chi connectivity index (χ0) is 3.58. The van der Waals surface area contributed by atoms with Crippen LogP contribution in [0.25, 0.3) is 0 Å². The first-order chi connectivity index (χ1) is 1.73. The maximum atomic E-state index is 8.44. The van der Waals surface area contributed by atoms with E-state index >= 15 is 0 Å². The van der Waals surface area contributed by atoms with Gasteiger partial charge in [0.1, 0.15) is 0 Å². The largest absolute Gasteiger partial charge is 2.00 e. The van der Waals surface area contributed by atoms with Crippen molar-refractivity contribution in [2.75, 3.05) is 0 Å². The third-order valence-corrected chi connectivity index (χ3v) is 0. The molecule has 0 aliphatic heterocycles. The standard InChI is InChI=1S/Fe.H2O3S/c;1-4(2)3/h;(H2,1,2,3)/q+2;/p-2. The summed E-state index contributed by atoms with van der Waals surface area (Å²) in [6.45, 7) is 0. The fourth-order valence-electron chi connectivity index (χ4n) is 0. The molecule has 0 heterocycles. The quantitative estimate of drug-likeness (QED) is 0.316. The van der Waals surface area contributed by atoms with Gasteiger partial charge in [-0.05, 0) is 0 Å². The molecule has 3 nitrogen and oxygen atoms in total. The average molecular weight is 136 g/mol. The van der Waals surface area contributed by atoms with Crippen LogP contribution in [-0.2, 0) is 28.4 Å². The molecule has 0 aromatic carbocycles. The second-order valence-electron chi connectivity index (χ2n) is 0.204. The van der Waals surface area contributed by atoms with Gasteiger partial charge in [-0.2, -0.15) is 0 Å². The Kier molecular flexibility index (Phi) is 8.39. The molecule has 0 aliphatic carbocycles. The molecule has 0 aliphatic rings. The first kappa shape index (κ1) is 9.14. The van der Waals surface area contributed by atoms with E-state index in [0.717, 1.165) is 0 Å². The van der Waals surface area contributed by atoms with Gasteiger partial charge in [-0.15, -0.1) is 11.4 Å². The summed E-state index contributed by atoms with van der Waals surface area (Å²) in [5, 5.41) is 0. The van der Waals surface area contributed by atoms with Crippen LogP contribution in [-0.4, -0.2) is 13.3 Å². The van der Waals surface area contributed by atoms with Crippen molar-refractivity contribution < 1.29 is 30.4 Å². The molecule has 0 rings (SSSR count). The van der Waals surface area contributed by atoms with Crippen molar-refractivity contribution >= 4 is 11.4 Å². The van der Waals surface area contributed by atoms with E-state index in [-0.39, 0.29) is 17.1 Å². The summed E-state index contributed by atoms with van der Waals surface area (Å²) in [6, 6.07) is 0. The van der Waals surface area contributed by atoms with Crippen LogP contribution in [0.4, 0.5) is 0 Å². The molecular weight excluding hydrogens is 136 g/mol. The molecule has 0 amide bonds. The SMILES string of the molecule is O=S([O-])[O-].[Fe+2]. The van der Waals surface area contributed by atoms with Crippen LogP contribution in [0.1, 0.15) is 0 Å². The normalized spacial score (nSPS) is 7.00. The molecule has 0 bridgehead atoms. The number of hydrogen-bond donors (Lipinski definition) is 0. The Bertz CT molecular complexity index is 29.9. The molecule has 0 N–H and O–H groups in total. The van der Waals surface area contributed by atoms with Gasteiger partial charge in [-0.3, -0.25) is 4.21 Å².